The maximum atomic E-state index is 2.68. The van der Waals surface area contributed by atoms with Crippen molar-refractivity contribution in [3.05, 3.63) is 221 Å². The summed E-state index contributed by atoms with van der Waals surface area (Å²) < 4.78 is 7.83. The second-order valence-corrected chi connectivity index (χ2v) is 30.2. The molecule has 83 heavy (non-hydrogen) atoms. The Balaban J connectivity index is 0.990. The third-order valence-corrected chi connectivity index (χ3v) is 23.7. The van der Waals surface area contributed by atoms with E-state index < -0.39 is 0 Å². The first-order valence-corrected chi connectivity index (χ1v) is 33.6. The molecule has 15 aromatic rings. The lowest BCUT2D eigenvalue weighted by Crippen LogP contribution is -2.60. The summed E-state index contributed by atoms with van der Waals surface area (Å²) in [6.45, 7) is 14.1. The molecule has 0 amide bonds. The largest absolute Gasteiger partial charge is 0.303 e. The Bertz CT molecular complexity index is 4680. The monoisotopic (exact) mass is 1170 g/mol. The molecule has 2 aliphatic heterocycles. The van der Waals surface area contributed by atoms with Gasteiger partial charge in [-0.2, -0.15) is 0 Å². The van der Waals surface area contributed by atoms with Crippen molar-refractivity contribution in [3.8, 4) is 44.5 Å². The van der Waals surface area contributed by atoms with Crippen molar-refractivity contribution in [1.82, 2.24) is 0 Å². The van der Waals surface area contributed by atoms with Crippen LogP contribution < -0.4 is 26.2 Å². The molecular formula is C74H53BN2S6. The standard InChI is InChI=1S/C74H53BN2S6/c1-73(2,3)46-26-28-66-54(36-46)68-71(82-66)76(48-32-42(56-38-78-62-22-11-7-16-50(56)62)30-43(33-48)57-39-79-63-23-12-8-17-51(57)63)60-20-15-21-61-70(60)75(68)69-55-37-47(74(4,5)6)27-29-67(55)83-72(69)77(61)49-34-44(58-40-80-64-24-13-9-18-52(58)64)31-45(35-49)59-41-81-65-25-14-10-19-53(59)65/h7-41H,1-6H3. The number of hydrogen-bond acceptors (Lipinski definition) is 8. The van der Waals surface area contributed by atoms with E-state index in [4.69, 9.17) is 0 Å². The third kappa shape index (κ3) is 7.75. The van der Waals surface area contributed by atoms with Gasteiger partial charge in [-0.25, -0.2) is 0 Å². The maximum absolute atomic E-state index is 2.68. The van der Waals surface area contributed by atoms with Crippen LogP contribution in [0.1, 0.15) is 52.7 Å². The highest BCUT2D eigenvalue weighted by atomic mass is 32.1. The van der Waals surface area contributed by atoms with Gasteiger partial charge >= 0.3 is 0 Å². The van der Waals surface area contributed by atoms with E-state index in [0.717, 1.165) is 0 Å². The summed E-state index contributed by atoms with van der Waals surface area (Å²) in [6, 6.07) is 72.5. The van der Waals surface area contributed by atoms with Gasteiger partial charge < -0.3 is 9.80 Å². The van der Waals surface area contributed by atoms with E-state index in [1.165, 1.54) is 165 Å². The first-order chi connectivity index (χ1) is 40.4. The van der Waals surface area contributed by atoms with E-state index in [1.807, 2.05) is 68.0 Å². The molecule has 0 aliphatic carbocycles. The van der Waals surface area contributed by atoms with Crippen LogP contribution in [0, 0.1) is 0 Å². The summed E-state index contributed by atoms with van der Waals surface area (Å²) >= 11 is 11.3. The number of thiophene rings is 6. The van der Waals surface area contributed by atoms with E-state index >= 15 is 0 Å². The van der Waals surface area contributed by atoms with Crippen molar-refractivity contribution in [3.63, 3.8) is 0 Å². The van der Waals surface area contributed by atoms with Crippen LogP contribution >= 0.6 is 68.0 Å². The van der Waals surface area contributed by atoms with Gasteiger partial charge in [-0.3, -0.25) is 0 Å². The van der Waals surface area contributed by atoms with Crippen molar-refractivity contribution < 1.29 is 0 Å². The molecule has 0 radical (unpaired) electrons. The fraction of sp³-hybridized carbons (Fsp3) is 0.108. The van der Waals surface area contributed by atoms with Crippen LogP contribution in [0.4, 0.5) is 32.8 Å². The molecule has 2 nitrogen and oxygen atoms in total. The predicted molar refractivity (Wildman–Crippen MR) is 372 cm³/mol. The molecule has 0 fully saturated rings. The minimum atomic E-state index is -0.0554. The summed E-state index contributed by atoms with van der Waals surface area (Å²) in [5.74, 6) is 0. The Morgan fingerprint density at radius 3 is 0.988 bits per heavy atom. The second kappa shape index (κ2) is 18.5. The third-order valence-electron chi connectivity index (χ3n) is 17.5. The van der Waals surface area contributed by atoms with E-state index in [2.05, 4.69) is 261 Å². The van der Waals surface area contributed by atoms with Gasteiger partial charge in [-0.1, -0.05) is 145 Å². The molecule has 0 atom stereocenters. The molecule has 0 spiro atoms. The Labute approximate surface area is 507 Å². The molecule has 9 aromatic carbocycles. The van der Waals surface area contributed by atoms with Crippen molar-refractivity contribution >= 4 is 184 Å². The lowest BCUT2D eigenvalue weighted by molar-refractivity contribution is 0.591. The van der Waals surface area contributed by atoms with Gasteiger partial charge in [-0.15, -0.1) is 68.0 Å². The van der Waals surface area contributed by atoms with Crippen LogP contribution in [-0.2, 0) is 10.8 Å². The van der Waals surface area contributed by atoms with Crippen molar-refractivity contribution in [2.75, 3.05) is 9.80 Å². The molecule has 0 saturated carbocycles. The molecule has 2 aliphatic rings. The zero-order valence-electron chi connectivity index (χ0n) is 46.6. The molecule has 0 bridgehead atoms. The van der Waals surface area contributed by atoms with Crippen molar-refractivity contribution in [1.29, 1.82) is 0 Å². The molecule has 6 aromatic heterocycles. The molecule has 0 unspecified atom stereocenters. The normalized spacial score (nSPS) is 13.3. The smallest absolute Gasteiger partial charge is 0.256 e. The van der Waals surface area contributed by atoms with Gasteiger partial charge in [0.1, 0.15) is 0 Å². The van der Waals surface area contributed by atoms with E-state index in [0.29, 0.717) is 0 Å². The number of anilines is 6. The van der Waals surface area contributed by atoms with Crippen LogP contribution in [-0.4, -0.2) is 6.71 Å². The summed E-state index contributed by atoms with van der Waals surface area (Å²) in [5.41, 5.74) is 21.5. The number of fused-ring (bicyclic) bond motifs is 12. The number of hydrogen-bond donors (Lipinski definition) is 0. The fourth-order valence-electron chi connectivity index (χ4n) is 13.3. The summed E-state index contributed by atoms with van der Waals surface area (Å²) in [4.78, 5) is 5.36. The van der Waals surface area contributed by atoms with Gasteiger partial charge in [0, 0.05) is 94.7 Å². The average molecular weight is 1170 g/mol. The van der Waals surface area contributed by atoms with Crippen molar-refractivity contribution in [2.45, 2.75) is 52.4 Å². The summed E-state index contributed by atoms with van der Waals surface area (Å²) in [5, 5.41) is 19.9. The van der Waals surface area contributed by atoms with Gasteiger partial charge in [-0.05, 0) is 178 Å². The first-order valence-electron chi connectivity index (χ1n) is 28.4. The average Bonchev–Trinajstić information content (AvgIpc) is 1.71. The molecule has 0 saturated heterocycles. The van der Waals surface area contributed by atoms with Crippen LogP contribution in [0.2, 0.25) is 0 Å². The van der Waals surface area contributed by atoms with Gasteiger partial charge in [0.05, 0.1) is 10.0 Å². The van der Waals surface area contributed by atoms with E-state index in [9.17, 15) is 0 Å². The first kappa shape index (κ1) is 50.0. The lowest BCUT2D eigenvalue weighted by Gasteiger charge is -2.42. The highest BCUT2D eigenvalue weighted by Crippen LogP contribution is 2.54. The molecule has 9 heteroatoms. The zero-order chi connectivity index (χ0) is 55.6. The highest BCUT2D eigenvalue weighted by molar-refractivity contribution is 7.29. The molecule has 0 N–H and O–H groups in total. The van der Waals surface area contributed by atoms with E-state index in [-0.39, 0.29) is 17.5 Å². The van der Waals surface area contributed by atoms with Gasteiger partial charge in [0.15, 0.2) is 0 Å². The number of rotatable bonds is 6. The Kier molecular flexibility index (Phi) is 11.1. The molecule has 398 valence electrons. The minimum absolute atomic E-state index is 0.0498. The van der Waals surface area contributed by atoms with Crippen molar-refractivity contribution in [2.24, 2.45) is 0 Å². The molecular weight excluding hydrogens is 1120 g/mol. The highest BCUT2D eigenvalue weighted by Gasteiger charge is 2.47. The predicted octanol–water partition coefficient (Wildman–Crippen LogP) is 22.3. The van der Waals surface area contributed by atoms with Crippen LogP contribution in [0.3, 0.4) is 0 Å². The van der Waals surface area contributed by atoms with Gasteiger partial charge in [0.25, 0.3) is 6.71 Å². The fourth-order valence-corrected chi connectivity index (χ4v) is 19.7. The summed E-state index contributed by atoms with van der Waals surface area (Å²) in [7, 11) is 0. The number of benzene rings is 9. The van der Waals surface area contributed by atoms with Gasteiger partial charge in [0.2, 0.25) is 0 Å². The maximum Gasteiger partial charge on any atom is 0.256 e. The Morgan fingerprint density at radius 2 is 0.651 bits per heavy atom. The Morgan fingerprint density at radius 1 is 0.313 bits per heavy atom. The van der Waals surface area contributed by atoms with Crippen LogP contribution in [0.25, 0.3) is 105 Å². The lowest BCUT2D eigenvalue weighted by atomic mass is 9.33. The summed E-state index contributed by atoms with van der Waals surface area (Å²) in [6.07, 6.45) is 0. The van der Waals surface area contributed by atoms with Crippen LogP contribution in [0.5, 0.6) is 0 Å². The number of nitrogens with zero attached hydrogens (tertiary/aromatic N) is 2. The quantitative estimate of drug-likeness (QED) is 0.153. The Hall–Kier alpha value is -7.60. The molecule has 8 heterocycles. The SMILES string of the molecule is CC(C)(C)c1ccc2sc3c(c2c1)B1c2c(cccc2N(c2cc(-c4csc5ccccc45)cc(-c4csc5ccccc45)c2)c2sc4ccc(C(C)(C)C)cc4c21)N3c1cc(-c2csc3ccccc23)cc(-c2csc3ccccc23)c1. The van der Waals surface area contributed by atoms with E-state index in [1.54, 1.807) is 0 Å². The topological polar surface area (TPSA) is 6.48 Å². The minimum Gasteiger partial charge on any atom is -0.303 e. The van der Waals surface area contributed by atoms with Crippen LogP contribution in [0.15, 0.2) is 210 Å². The zero-order valence-corrected chi connectivity index (χ0v) is 51.5. The molecule has 17 rings (SSSR count). The second-order valence-electron chi connectivity index (χ2n) is 24.5.